The second kappa shape index (κ2) is 4.47. The predicted molar refractivity (Wildman–Crippen MR) is 62.0 cm³/mol. The number of rotatable bonds is 3. The van der Waals surface area contributed by atoms with Gasteiger partial charge in [-0.05, 0) is 0 Å². The summed E-state index contributed by atoms with van der Waals surface area (Å²) in [6.07, 6.45) is 1.54. The van der Waals surface area contributed by atoms with Crippen LogP contribution in [0.25, 0.3) is 0 Å². The summed E-state index contributed by atoms with van der Waals surface area (Å²) in [5, 5.41) is 0.509. The highest BCUT2D eigenvalue weighted by Gasteiger charge is 2.46. The fourth-order valence-electron chi connectivity index (χ4n) is 2.03. The number of nitrogens with zero attached hydrogens (tertiary/aromatic N) is 3. The van der Waals surface area contributed by atoms with E-state index in [0.717, 1.165) is 0 Å². The van der Waals surface area contributed by atoms with Crippen molar-refractivity contribution in [2.75, 3.05) is 27.2 Å². The smallest absolute Gasteiger partial charge is 0.345 e. The molecule has 1 unspecified atom stereocenters. The van der Waals surface area contributed by atoms with Crippen LogP contribution in [0.3, 0.4) is 0 Å². The van der Waals surface area contributed by atoms with E-state index in [-0.39, 0.29) is 24.6 Å². The Kier molecular flexibility index (Phi) is 3.24. The van der Waals surface area contributed by atoms with Crippen molar-refractivity contribution in [1.82, 2.24) is 14.9 Å². The van der Waals surface area contributed by atoms with Crippen LogP contribution in [-0.4, -0.2) is 73.0 Å². The molecule has 2 rings (SSSR count). The minimum absolute atomic E-state index is 0.139. The van der Waals surface area contributed by atoms with Gasteiger partial charge in [0.15, 0.2) is 0 Å². The first-order valence-corrected chi connectivity index (χ1v) is 6.74. The molecule has 0 aromatic heterocycles. The van der Waals surface area contributed by atoms with Crippen LogP contribution in [-0.2, 0) is 19.5 Å². The Balaban J connectivity index is 2.30. The first kappa shape index (κ1) is 13.8. The van der Waals surface area contributed by atoms with Crippen LogP contribution < -0.4 is 0 Å². The lowest BCUT2D eigenvalue weighted by molar-refractivity contribution is -0.126. The van der Waals surface area contributed by atoms with Crippen molar-refractivity contribution in [1.29, 1.82) is 0 Å². The Morgan fingerprint density at radius 3 is 2.68 bits per heavy atom. The molecule has 2 aliphatic heterocycles. The van der Waals surface area contributed by atoms with Crippen LogP contribution in [0.2, 0.25) is 0 Å². The summed E-state index contributed by atoms with van der Waals surface area (Å²) in [4.78, 5) is 26.4. The Hall–Kier alpha value is -1.65. The normalized spacial score (nSPS) is 22.6. The molecular formula is C9H13N3O6S. The molecule has 0 aromatic rings. The topological polar surface area (TPSA) is 107 Å². The maximum atomic E-state index is 11.9. The Morgan fingerprint density at radius 1 is 1.53 bits per heavy atom. The van der Waals surface area contributed by atoms with E-state index in [1.807, 2.05) is 0 Å². The molecule has 0 saturated carbocycles. The van der Waals surface area contributed by atoms with E-state index in [1.165, 1.54) is 9.80 Å². The molecule has 1 N–H and O–H groups in total. The number of fused-ring (bicyclic) bond motifs is 2. The van der Waals surface area contributed by atoms with Crippen molar-refractivity contribution < 1.29 is 26.8 Å². The highest BCUT2D eigenvalue weighted by atomic mass is 32.3. The summed E-state index contributed by atoms with van der Waals surface area (Å²) in [5.41, 5.74) is 0.260. The molecule has 3 amide bonds. The molecule has 2 heterocycles. The highest BCUT2D eigenvalue weighted by molar-refractivity contribution is 7.80. The Labute approximate surface area is 109 Å². The fraction of sp³-hybridized carbons (Fsp3) is 0.556. The van der Waals surface area contributed by atoms with E-state index in [4.69, 9.17) is 4.55 Å². The van der Waals surface area contributed by atoms with Gasteiger partial charge in [0.1, 0.15) is 6.04 Å². The van der Waals surface area contributed by atoms with Crippen LogP contribution in [0.5, 0.6) is 0 Å². The molecule has 1 saturated heterocycles. The van der Waals surface area contributed by atoms with Crippen molar-refractivity contribution >= 4 is 22.3 Å². The molecule has 10 heteroatoms. The van der Waals surface area contributed by atoms with Gasteiger partial charge in [0.25, 0.3) is 5.91 Å². The van der Waals surface area contributed by atoms with Crippen molar-refractivity contribution in [3.63, 3.8) is 0 Å². The number of hydrogen-bond acceptors (Lipinski definition) is 5. The highest BCUT2D eigenvalue weighted by Crippen LogP contribution is 2.28. The first-order chi connectivity index (χ1) is 8.70. The molecule has 0 radical (unpaired) electrons. The third-order valence-electron chi connectivity index (χ3n) is 2.85. The van der Waals surface area contributed by atoms with Gasteiger partial charge in [0.2, 0.25) is 0 Å². The fourth-order valence-corrected chi connectivity index (χ4v) is 2.40. The molecule has 1 atom stereocenters. The van der Waals surface area contributed by atoms with E-state index in [2.05, 4.69) is 4.28 Å². The number of urea groups is 1. The quantitative estimate of drug-likeness (QED) is 0.658. The van der Waals surface area contributed by atoms with E-state index in [0.29, 0.717) is 5.06 Å². The van der Waals surface area contributed by atoms with E-state index < -0.39 is 22.5 Å². The van der Waals surface area contributed by atoms with Crippen molar-refractivity contribution in [3.05, 3.63) is 11.6 Å². The molecule has 0 aromatic carbocycles. The van der Waals surface area contributed by atoms with E-state index in [9.17, 15) is 18.0 Å². The van der Waals surface area contributed by atoms with Gasteiger partial charge < -0.3 is 9.80 Å². The average Bonchev–Trinajstić information content (AvgIpc) is 2.52. The standard InChI is InChI=1S/C9H13N3O6S/c1-10(2)8(13)6-3-4-11-5-7(6)12(9(11)14)18-19(15,16)17/h3,7H,4-5H2,1-2H3,(H,15,16,17). The Bertz CT molecular complexity index is 554. The minimum atomic E-state index is -4.82. The number of hydrogen-bond donors (Lipinski definition) is 1. The number of amides is 3. The summed E-state index contributed by atoms with van der Waals surface area (Å²) < 4.78 is 34.4. The summed E-state index contributed by atoms with van der Waals surface area (Å²) in [6, 6.07) is -1.56. The Morgan fingerprint density at radius 2 is 2.16 bits per heavy atom. The monoisotopic (exact) mass is 291 g/mol. The lowest BCUT2D eigenvalue weighted by atomic mass is 10.0. The van der Waals surface area contributed by atoms with Gasteiger partial charge in [-0.25, -0.2) is 4.79 Å². The molecule has 0 spiro atoms. The van der Waals surface area contributed by atoms with Crippen LogP contribution in [0.15, 0.2) is 11.6 Å². The summed E-state index contributed by atoms with van der Waals surface area (Å²) in [6.45, 7) is 0.329. The van der Waals surface area contributed by atoms with Gasteiger partial charge in [-0.15, -0.1) is 4.28 Å². The number of hydroxylamine groups is 2. The van der Waals surface area contributed by atoms with Crippen LogP contribution in [0, 0.1) is 0 Å². The third-order valence-corrected chi connectivity index (χ3v) is 3.20. The van der Waals surface area contributed by atoms with Gasteiger partial charge in [-0.3, -0.25) is 9.35 Å². The zero-order chi connectivity index (χ0) is 14.4. The summed E-state index contributed by atoms with van der Waals surface area (Å²) in [5.74, 6) is -0.344. The zero-order valence-corrected chi connectivity index (χ0v) is 11.1. The lowest BCUT2D eigenvalue weighted by Gasteiger charge is -2.24. The molecule has 19 heavy (non-hydrogen) atoms. The zero-order valence-electron chi connectivity index (χ0n) is 10.3. The second-order valence-electron chi connectivity index (χ2n) is 4.39. The van der Waals surface area contributed by atoms with E-state index >= 15 is 0 Å². The van der Waals surface area contributed by atoms with Gasteiger partial charge in [-0.1, -0.05) is 6.08 Å². The molecule has 2 aliphatic rings. The van der Waals surface area contributed by atoms with Crippen molar-refractivity contribution in [2.45, 2.75) is 6.04 Å². The van der Waals surface area contributed by atoms with Gasteiger partial charge in [0, 0.05) is 26.2 Å². The lowest BCUT2D eigenvalue weighted by Crippen LogP contribution is -2.41. The number of carbonyl (C=O) groups is 2. The number of likely N-dealkylation sites (N-methyl/N-ethyl adjacent to an activating group) is 1. The summed E-state index contributed by atoms with van der Waals surface area (Å²) >= 11 is 0. The van der Waals surface area contributed by atoms with Crippen LogP contribution >= 0.6 is 0 Å². The molecule has 1 fully saturated rings. The largest absolute Gasteiger partial charge is 0.418 e. The van der Waals surface area contributed by atoms with Crippen LogP contribution in [0.4, 0.5) is 4.79 Å². The third kappa shape index (κ3) is 2.55. The first-order valence-electron chi connectivity index (χ1n) is 5.37. The molecule has 106 valence electrons. The average molecular weight is 291 g/mol. The van der Waals surface area contributed by atoms with Crippen molar-refractivity contribution in [2.24, 2.45) is 0 Å². The molecule has 2 bridgehead atoms. The maximum absolute atomic E-state index is 11.9. The van der Waals surface area contributed by atoms with Crippen molar-refractivity contribution in [3.8, 4) is 0 Å². The predicted octanol–water partition coefficient (Wildman–Crippen LogP) is -1.14. The van der Waals surface area contributed by atoms with Gasteiger partial charge in [-0.2, -0.15) is 13.5 Å². The molecule has 0 aliphatic carbocycles. The molecular weight excluding hydrogens is 278 g/mol. The second-order valence-corrected chi connectivity index (χ2v) is 5.39. The van der Waals surface area contributed by atoms with Gasteiger partial charge >= 0.3 is 16.4 Å². The SMILES string of the molecule is CN(C)C(=O)C1=CCN2CC1N(OS(=O)(=O)O)C2=O. The number of carbonyl (C=O) groups excluding carboxylic acids is 2. The van der Waals surface area contributed by atoms with Crippen LogP contribution in [0.1, 0.15) is 0 Å². The minimum Gasteiger partial charge on any atom is -0.345 e. The van der Waals surface area contributed by atoms with Gasteiger partial charge in [0.05, 0.1) is 6.54 Å². The molecule has 9 nitrogen and oxygen atoms in total. The maximum Gasteiger partial charge on any atom is 0.418 e. The van der Waals surface area contributed by atoms with E-state index in [1.54, 1.807) is 20.2 Å². The summed E-state index contributed by atoms with van der Waals surface area (Å²) in [7, 11) is -1.74.